The summed E-state index contributed by atoms with van der Waals surface area (Å²) in [5.41, 5.74) is 4.09. The van der Waals surface area contributed by atoms with Gasteiger partial charge in [0, 0.05) is 30.7 Å². The molecule has 1 fully saturated rings. The van der Waals surface area contributed by atoms with E-state index in [1.54, 1.807) is 0 Å². The molecule has 1 aliphatic rings. The van der Waals surface area contributed by atoms with E-state index < -0.39 is 0 Å². The van der Waals surface area contributed by atoms with Gasteiger partial charge in [0.15, 0.2) is 11.5 Å². The van der Waals surface area contributed by atoms with Gasteiger partial charge in [-0.3, -0.25) is 0 Å². The third-order valence-corrected chi connectivity index (χ3v) is 4.94. The predicted octanol–water partition coefficient (Wildman–Crippen LogP) is 2.88. The van der Waals surface area contributed by atoms with Crippen molar-refractivity contribution in [2.24, 2.45) is 0 Å². The van der Waals surface area contributed by atoms with E-state index >= 15 is 0 Å². The minimum atomic E-state index is 0.385. The molecule has 24 heavy (non-hydrogen) atoms. The maximum atomic E-state index is 5.06. The van der Waals surface area contributed by atoms with Crippen LogP contribution in [0.25, 0.3) is 16.7 Å². The Kier molecular flexibility index (Phi) is 3.92. The van der Waals surface area contributed by atoms with Crippen LogP contribution < -0.4 is 10.2 Å². The van der Waals surface area contributed by atoms with E-state index in [-0.39, 0.29) is 0 Å². The summed E-state index contributed by atoms with van der Waals surface area (Å²) < 4.78 is 3.00. The van der Waals surface area contributed by atoms with Crippen molar-refractivity contribution in [2.75, 3.05) is 31.1 Å². The zero-order valence-electron chi connectivity index (χ0n) is 14.2. The molecule has 126 valence electrons. The Morgan fingerprint density at radius 2 is 1.92 bits per heavy atom. The summed E-state index contributed by atoms with van der Waals surface area (Å²) in [6.45, 7) is 10.1. The van der Waals surface area contributed by atoms with E-state index in [1.165, 1.54) is 5.56 Å². The Morgan fingerprint density at radius 3 is 2.62 bits per heavy atom. The van der Waals surface area contributed by atoms with Crippen LogP contribution in [0.4, 0.5) is 5.82 Å². The fourth-order valence-corrected chi connectivity index (χ4v) is 3.76. The Bertz CT molecular complexity index is 910. The zero-order valence-corrected chi connectivity index (χ0v) is 15.8. The fraction of sp³-hybridized carbons (Fsp3) is 0.471. The van der Waals surface area contributed by atoms with E-state index in [1.807, 2.05) is 11.4 Å². The Hall–Kier alpha value is -1.73. The van der Waals surface area contributed by atoms with Gasteiger partial charge in [0.2, 0.25) is 0 Å². The van der Waals surface area contributed by atoms with E-state index in [0.717, 1.165) is 59.0 Å². The van der Waals surface area contributed by atoms with Crippen LogP contribution in [0.5, 0.6) is 0 Å². The van der Waals surface area contributed by atoms with Crippen LogP contribution in [-0.2, 0) is 0 Å². The fourth-order valence-electron chi connectivity index (χ4n) is 3.30. The highest BCUT2D eigenvalue weighted by atomic mass is 79.9. The summed E-state index contributed by atoms with van der Waals surface area (Å²) in [5, 5.41) is 8.03. The van der Waals surface area contributed by atoms with E-state index in [9.17, 15) is 0 Å². The van der Waals surface area contributed by atoms with Crippen molar-refractivity contribution in [3.05, 3.63) is 28.0 Å². The first-order valence-corrected chi connectivity index (χ1v) is 9.16. The molecule has 0 atom stereocenters. The first-order chi connectivity index (χ1) is 11.5. The summed E-state index contributed by atoms with van der Waals surface area (Å²) in [7, 11) is 0. The third-order valence-electron chi connectivity index (χ3n) is 4.48. The minimum Gasteiger partial charge on any atom is -0.351 e. The van der Waals surface area contributed by atoms with Gasteiger partial charge >= 0.3 is 0 Å². The topological polar surface area (TPSA) is 58.4 Å². The van der Waals surface area contributed by atoms with Gasteiger partial charge < -0.3 is 10.2 Å². The number of hydrogen-bond donors (Lipinski definition) is 1. The average Bonchev–Trinajstić information content (AvgIpc) is 2.96. The molecule has 0 aliphatic carbocycles. The van der Waals surface area contributed by atoms with Crippen molar-refractivity contribution in [1.82, 2.24) is 24.9 Å². The normalized spacial score (nSPS) is 15.8. The van der Waals surface area contributed by atoms with Gasteiger partial charge in [0.05, 0.1) is 11.0 Å². The van der Waals surface area contributed by atoms with E-state index in [4.69, 9.17) is 4.98 Å². The van der Waals surface area contributed by atoms with Gasteiger partial charge in [0.25, 0.3) is 0 Å². The summed E-state index contributed by atoms with van der Waals surface area (Å²) in [4.78, 5) is 12.0. The highest BCUT2D eigenvalue weighted by molar-refractivity contribution is 9.10. The van der Waals surface area contributed by atoms with Crippen LogP contribution in [0.3, 0.4) is 0 Å². The van der Waals surface area contributed by atoms with Crippen LogP contribution in [-0.4, -0.2) is 45.8 Å². The minimum absolute atomic E-state index is 0.385. The van der Waals surface area contributed by atoms with Crippen molar-refractivity contribution in [2.45, 2.75) is 26.7 Å². The molecule has 1 aromatic carbocycles. The van der Waals surface area contributed by atoms with Crippen molar-refractivity contribution in [3.63, 3.8) is 0 Å². The second kappa shape index (κ2) is 5.97. The smallest absolute Gasteiger partial charge is 0.199 e. The molecule has 3 heterocycles. The van der Waals surface area contributed by atoms with Crippen LogP contribution in [0.1, 0.15) is 31.2 Å². The molecule has 0 unspecified atom stereocenters. The SMILES string of the molecule is Cc1nc2c(N3CCNCC3)nc3c(C(C)C)cc(Br)cc3n2n1. The predicted molar refractivity (Wildman–Crippen MR) is 99.9 cm³/mol. The summed E-state index contributed by atoms with van der Waals surface area (Å²) in [6.07, 6.45) is 0. The van der Waals surface area contributed by atoms with Gasteiger partial charge in [-0.2, -0.15) is 5.10 Å². The molecule has 0 amide bonds. The number of halogens is 1. The maximum Gasteiger partial charge on any atom is 0.199 e. The largest absolute Gasteiger partial charge is 0.351 e. The van der Waals surface area contributed by atoms with Gasteiger partial charge in [-0.15, -0.1) is 0 Å². The Morgan fingerprint density at radius 1 is 1.17 bits per heavy atom. The average molecular weight is 389 g/mol. The lowest BCUT2D eigenvalue weighted by atomic mass is 10.0. The lowest BCUT2D eigenvalue weighted by Gasteiger charge is -2.29. The standard InChI is InChI=1S/C17H21BrN6/c1-10(2)13-8-12(18)9-14-15(13)21-16(23-6-4-19-5-7-23)17-20-11(3)22-24(14)17/h8-10,19H,4-7H2,1-3H3. The maximum absolute atomic E-state index is 5.06. The molecular formula is C17H21BrN6. The van der Waals surface area contributed by atoms with E-state index in [0.29, 0.717) is 5.92 Å². The number of hydrogen-bond acceptors (Lipinski definition) is 5. The Balaban J connectivity index is 2.07. The van der Waals surface area contributed by atoms with Gasteiger partial charge in [-0.1, -0.05) is 29.8 Å². The summed E-state index contributed by atoms with van der Waals surface area (Å²) in [5.74, 6) is 2.09. The first-order valence-electron chi connectivity index (χ1n) is 8.37. The van der Waals surface area contributed by atoms with E-state index in [2.05, 4.69) is 62.2 Å². The van der Waals surface area contributed by atoms with Crippen LogP contribution >= 0.6 is 15.9 Å². The quantitative estimate of drug-likeness (QED) is 0.731. The molecule has 1 N–H and O–H groups in total. The summed E-state index contributed by atoms with van der Waals surface area (Å²) >= 11 is 3.63. The number of rotatable bonds is 2. The highest BCUT2D eigenvalue weighted by Crippen LogP contribution is 2.31. The first kappa shape index (κ1) is 15.8. The highest BCUT2D eigenvalue weighted by Gasteiger charge is 2.21. The molecule has 6 nitrogen and oxygen atoms in total. The van der Waals surface area contributed by atoms with Crippen LogP contribution in [0, 0.1) is 6.92 Å². The zero-order chi connectivity index (χ0) is 16.8. The molecule has 3 aromatic rings. The molecule has 0 spiro atoms. The second-order valence-electron chi connectivity index (χ2n) is 6.58. The van der Waals surface area contributed by atoms with Crippen molar-refractivity contribution in [1.29, 1.82) is 0 Å². The van der Waals surface area contributed by atoms with Gasteiger partial charge in [0.1, 0.15) is 5.82 Å². The second-order valence-corrected chi connectivity index (χ2v) is 7.50. The monoisotopic (exact) mass is 388 g/mol. The van der Waals surface area contributed by atoms with Gasteiger partial charge in [-0.25, -0.2) is 14.5 Å². The number of aromatic nitrogens is 4. The Labute approximate surface area is 149 Å². The van der Waals surface area contributed by atoms with Crippen LogP contribution in [0.2, 0.25) is 0 Å². The molecule has 4 rings (SSSR count). The molecule has 7 heteroatoms. The molecule has 1 aliphatic heterocycles. The van der Waals surface area contributed by atoms with Crippen molar-refractivity contribution < 1.29 is 0 Å². The number of benzene rings is 1. The summed E-state index contributed by atoms with van der Waals surface area (Å²) in [6, 6.07) is 4.24. The number of nitrogens with one attached hydrogen (secondary N) is 1. The van der Waals surface area contributed by atoms with Gasteiger partial charge in [-0.05, 0) is 30.5 Å². The van der Waals surface area contributed by atoms with Crippen LogP contribution in [0.15, 0.2) is 16.6 Å². The number of nitrogens with zero attached hydrogens (tertiary/aromatic N) is 5. The number of fused-ring (bicyclic) bond motifs is 3. The molecular weight excluding hydrogens is 368 g/mol. The number of aryl methyl sites for hydroxylation is 1. The molecule has 0 bridgehead atoms. The number of piperazine rings is 1. The molecule has 0 radical (unpaired) electrons. The van der Waals surface area contributed by atoms with Crippen molar-refractivity contribution in [3.8, 4) is 0 Å². The van der Waals surface area contributed by atoms with Crippen molar-refractivity contribution >= 4 is 38.4 Å². The molecule has 0 saturated carbocycles. The molecule has 1 saturated heterocycles. The third kappa shape index (κ3) is 2.56. The number of anilines is 1. The lowest BCUT2D eigenvalue weighted by Crippen LogP contribution is -2.44. The lowest BCUT2D eigenvalue weighted by molar-refractivity contribution is 0.585. The molecule has 2 aromatic heterocycles.